The molecule has 92 valence electrons. The molecule has 2 aliphatic heterocycles. The second kappa shape index (κ2) is 4.98. The van der Waals surface area contributed by atoms with Crippen LogP contribution in [0.4, 0.5) is 5.95 Å². The minimum absolute atomic E-state index is 0.633. The average molecular weight is 234 g/mol. The summed E-state index contributed by atoms with van der Waals surface area (Å²) in [6.07, 6.45) is 4.79. The van der Waals surface area contributed by atoms with E-state index in [9.17, 15) is 0 Å². The lowest BCUT2D eigenvalue weighted by Crippen LogP contribution is -2.51. The van der Waals surface area contributed by atoms with Crippen molar-refractivity contribution < 1.29 is 4.74 Å². The summed E-state index contributed by atoms with van der Waals surface area (Å²) in [5, 5.41) is 0. The maximum Gasteiger partial charge on any atom is 0.225 e. The Morgan fingerprint density at radius 1 is 1.12 bits per heavy atom. The van der Waals surface area contributed by atoms with Gasteiger partial charge in [-0.25, -0.2) is 9.97 Å². The van der Waals surface area contributed by atoms with Crippen molar-refractivity contribution in [2.24, 2.45) is 0 Å². The SMILES string of the molecule is c1cnc(N2CCN(C3CCOC3)CC2)nc1. The van der Waals surface area contributed by atoms with Gasteiger partial charge in [-0.3, -0.25) is 4.90 Å². The molecule has 0 spiro atoms. The summed E-state index contributed by atoms with van der Waals surface area (Å²) in [5.74, 6) is 0.856. The number of rotatable bonds is 2. The predicted octanol–water partition coefficient (Wildman–Crippen LogP) is 0.387. The number of piperazine rings is 1. The van der Waals surface area contributed by atoms with E-state index in [4.69, 9.17) is 4.74 Å². The highest BCUT2D eigenvalue weighted by Crippen LogP contribution is 2.16. The highest BCUT2D eigenvalue weighted by molar-refractivity contribution is 5.29. The van der Waals surface area contributed by atoms with Crippen LogP contribution >= 0.6 is 0 Å². The van der Waals surface area contributed by atoms with Crippen molar-refractivity contribution in [3.63, 3.8) is 0 Å². The van der Waals surface area contributed by atoms with Crippen molar-refractivity contribution in [1.29, 1.82) is 0 Å². The van der Waals surface area contributed by atoms with Crippen molar-refractivity contribution in [2.75, 3.05) is 44.3 Å². The molecule has 0 aromatic carbocycles. The molecule has 1 unspecified atom stereocenters. The molecule has 1 aromatic rings. The largest absolute Gasteiger partial charge is 0.380 e. The van der Waals surface area contributed by atoms with E-state index in [0.29, 0.717) is 6.04 Å². The van der Waals surface area contributed by atoms with Crippen molar-refractivity contribution >= 4 is 5.95 Å². The van der Waals surface area contributed by atoms with Crippen LogP contribution in [0.1, 0.15) is 6.42 Å². The fourth-order valence-corrected chi connectivity index (χ4v) is 2.55. The zero-order valence-corrected chi connectivity index (χ0v) is 9.96. The van der Waals surface area contributed by atoms with Crippen LogP contribution in [0.15, 0.2) is 18.5 Å². The normalized spacial score (nSPS) is 26.4. The molecule has 2 saturated heterocycles. The Kier molecular flexibility index (Phi) is 3.20. The average Bonchev–Trinajstić information content (AvgIpc) is 2.94. The summed E-state index contributed by atoms with van der Waals surface area (Å²) >= 11 is 0. The quantitative estimate of drug-likeness (QED) is 0.740. The molecule has 5 nitrogen and oxygen atoms in total. The minimum atomic E-state index is 0.633. The summed E-state index contributed by atoms with van der Waals surface area (Å²) in [5.41, 5.74) is 0. The van der Waals surface area contributed by atoms with Gasteiger partial charge in [0.1, 0.15) is 0 Å². The second-order valence-corrected chi connectivity index (χ2v) is 4.59. The van der Waals surface area contributed by atoms with E-state index in [0.717, 1.165) is 45.3 Å². The molecular weight excluding hydrogens is 216 g/mol. The zero-order chi connectivity index (χ0) is 11.5. The Labute approximate surface area is 101 Å². The highest BCUT2D eigenvalue weighted by Gasteiger charge is 2.27. The van der Waals surface area contributed by atoms with E-state index in [-0.39, 0.29) is 0 Å². The van der Waals surface area contributed by atoms with Gasteiger partial charge in [0.25, 0.3) is 0 Å². The van der Waals surface area contributed by atoms with Crippen LogP contribution in [-0.4, -0.2) is 60.3 Å². The van der Waals surface area contributed by atoms with Crippen molar-refractivity contribution in [2.45, 2.75) is 12.5 Å². The monoisotopic (exact) mass is 234 g/mol. The summed E-state index contributed by atoms with van der Waals surface area (Å²) in [6.45, 7) is 6.04. The smallest absolute Gasteiger partial charge is 0.225 e. The first-order valence-electron chi connectivity index (χ1n) is 6.27. The van der Waals surface area contributed by atoms with E-state index in [1.54, 1.807) is 12.4 Å². The molecule has 0 amide bonds. The fraction of sp³-hybridized carbons (Fsp3) is 0.667. The molecule has 3 rings (SSSR count). The van der Waals surface area contributed by atoms with E-state index < -0.39 is 0 Å². The van der Waals surface area contributed by atoms with Gasteiger partial charge in [0.2, 0.25) is 5.95 Å². The van der Waals surface area contributed by atoms with Crippen LogP contribution in [0.2, 0.25) is 0 Å². The number of ether oxygens (including phenoxy) is 1. The Hall–Kier alpha value is -1.20. The lowest BCUT2D eigenvalue weighted by atomic mass is 10.2. The van der Waals surface area contributed by atoms with Crippen molar-refractivity contribution in [1.82, 2.24) is 14.9 Å². The summed E-state index contributed by atoms with van der Waals surface area (Å²) in [7, 11) is 0. The molecule has 2 fully saturated rings. The van der Waals surface area contributed by atoms with Gasteiger partial charge in [-0.15, -0.1) is 0 Å². The van der Waals surface area contributed by atoms with Gasteiger partial charge in [0, 0.05) is 51.2 Å². The molecule has 17 heavy (non-hydrogen) atoms. The van der Waals surface area contributed by atoms with Gasteiger partial charge in [0.05, 0.1) is 6.61 Å². The minimum Gasteiger partial charge on any atom is -0.380 e. The van der Waals surface area contributed by atoms with Gasteiger partial charge in [-0.1, -0.05) is 0 Å². The number of anilines is 1. The Morgan fingerprint density at radius 3 is 2.53 bits per heavy atom. The van der Waals surface area contributed by atoms with Crippen LogP contribution in [-0.2, 0) is 4.74 Å². The van der Waals surface area contributed by atoms with E-state index in [2.05, 4.69) is 19.8 Å². The van der Waals surface area contributed by atoms with E-state index >= 15 is 0 Å². The molecule has 2 aliphatic rings. The highest BCUT2D eigenvalue weighted by atomic mass is 16.5. The van der Waals surface area contributed by atoms with Crippen molar-refractivity contribution in [3.05, 3.63) is 18.5 Å². The van der Waals surface area contributed by atoms with Crippen LogP contribution in [0.3, 0.4) is 0 Å². The number of hydrogen-bond donors (Lipinski definition) is 0. The zero-order valence-electron chi connectivity index (χ0n) is 9.96. The van der Waals surface area contributed by atoms with Crippen LogP contribution in [0.5, 0.6) is 0 Å². The summed E-state index contributed by atoms with van der Waals surface area (Å²) in [4.78, 5) is 13.4. The van der Waals surface area contributed by atoms with Gasteiger partial charge in [-0.2, -0.15) is 0 Å². The van der Waals surface area contributed by atoms with Gasteiger partial charge in [-0.05, 0) is 12.5 Å². The molecular formula is C12H18N4O. The standard InChI is InChI=1S/C12H18N4O/c1-3-13-12(14-4-1)16-7-5-15(6-8-16)11-2-9-17-10-11/h1,3-4,11H,2,5-10H2. The maximum atomic E-state index is 5.44. The molecule has 0 bridgehead atoms. The first-order chi connectivity index (χ1) is 8.43. The lowest BCUT2D eigenvalue weighted by molar-refractivity contribution is 0.138. The molecule has 3 heterocycles. The Bertz CT molecular complexity index is 345. The molecule has 0 N–H and O–H groups in total. The first-order valence-corrected chi connectivity index (χ1v) is 6.27. The van der Waals surface area contributed by atoms with E-state index in [1.807, 2.05) is 6.07 Å². The first kappa shape index (κ1) is 10.9. The van der Waals surface area contributed by atoms with Crippen LogP contribution in [0, 0.1) is 0 Å². The van der Waals surface area contributed by atoms with Crippen LogP contribution < -0.4 is 4.90 Å². The lowest BCUT2D eigenvalue weighted by Gasteiger charge is -2.37. The number of hydrogen-bond acceptors (Lipinski definition) is 5. The number of nitrogens with zero attached hydrogens (tertiary/aromatic N) is 4. The Morgan fingerprint density at radius 2 is 1.88 bits per heavy atom. The van der Waals surface area contributed by atoms with Gasteiger partial charge in [0.15, 0.2) is 0 Å². The van der Waals surface area contributed by atoms with Crippen LogP contribution in [0.25, 0.3) is 0 Å². The van der Waals surface area contributed by atoms with Gasteiger partial charge >= 0.3 is 0 Å². The third kappa shape index (κ3) is 2.40. The molecule has 1 aromatic heterocycles. The molecule has 5 heteroatoms. The topological polar surface area (TPSA) is 41.5 Å². The predicted molar refractivity (Wildman–Crippen MR) is 65.0 cm³/mol. The summed E-state index contributed by atoms with van der Waals surface area (Å²) < 4.78 is 5.44. The second-order valence-electron chi connectivity index (χ2n) is 4.59. The number of aromatic nitrogens is 2. The molecule has 1 atom stereocenters. The maximum absolute atomic E-state index is 5.44. The van der Waals surface area contributed by atoms with E-state index in [1.165, 1.54) is 6.42 Å². The molecule has 0 saturated carbocycles. The molecule has 0 aliphatic carbocycles. The van der Waals surface area contributed by atoms with Gasteiger partial charge < -0.3 is 9.64 Å². The van der Waals surface area contributed by atoms with Crippen molar-refractivity contribution in [3.8, 4) is 0 Å². The third-order valence-electron chi connectivity index (χ3n) is 3.57. The Balaban J connectivity index is 1.57. The summed E-state index contributed by atoms with van der Waals surface area (Å²) in [6, 6.07) is 2.49. The third-order valence-corrected chi connectivity index (χ3v) is 3.57. The fourth-order valence-electron chi connectivity index (χ4n) is 2.55. The molecule has 0 radical (unpaired) electrons.